The van der Waals surface area contributed by atoms with Crippen LogP contribution in [0.2, 0.25) is 10.0 Å². The fourth-order valence-corrected chi connectivity index (χ4v) is 6.10. The van der Waals surface area contributed by atoms with Crippen molar-refractivity contribution in [3.8, 4) is 5.75 Å². The molecule has 14 heteroatoms. The minimum atomic E-state index is -4.64. The summed E-state index contributed by atoms with van der Waals surface area (Å²) < 4.78 is 34.6. The van der Waals surface area contributed by atoms with Gasteiger partial charge in [-0.3, -0.25) is 24.0 Å². The van der Waals surface area contributed by atoms with Crippen LogP contribution in [0.5, 0.6) is 5.75 Å². The number of amides is 2. The Labute approximate surface area is 266 Å². The first-order chi connectivity index (χ1) is 20.7. The van der Waals surface area contributed by atoms with Crippen molar-refractivity contribution in [1.29, 1.82) is 0 Å². The number of carbonyl (C=O) groups is 2. The molecule has 0 saturated heterocycles. The van der Waals surface area contributed by atoms with Gasteiger partial charge < -0.3 is 15.0 Å². The molecule has 44 heavy (non-hydrogen) atoms. The number of nitrogens with one attached hydrogen (secondary N) is 1. The first-order valence-electron chi connectivity index (χ1n) is 13.7. The molecule has 3 aromatic carbocycles. The van der Waals surface area contributed by atoms with Crippen molar-refractivity contribution in [3.05, 3.63) is 92.0 Å². The number of nitrogens with zero attached hydrogens (tertiary/aromatic N) is 3. The van der Waals surface area contributed by atoms with Gasteiger partial charge in [-0.2, -0.15) is 0 Å². The summed E-state index contributed by atoms with van der Waals surface area (Å²) in [7, 11) is -3.32. The quantitative estimate of drug-likeness (QED) is 0.181. The van der Waals surface area contributed by atoms with Gasteiger partial charge in [0, 0.05) is 34.3 Å². The molecular formula is C30H34Cl2N4O7S. The maximum atomic E-state index is 14.2. The number of carbonyl (C=O) groups excluding carboxylic acids is 2. The van der Waals surface area contributed by atoms with Crippen molar-refractivity contribution in [2.24, 2.45) is 0 Å². The van der Waals surface area contributed by atoms with Crippen molar-refractivity contribution in [2.45, 2.75) is 57.6 Å². The third kappa shape index (κ3) is 7.99. The van der Waals surface area contributed by atoms with Crippen molar-refractivity contribution >= 4 is 56.4 Å². The van der Waals surface area contributed by atoms with Gasteiger partial charge in [-0.25, -0.2) is 8.42 Å². The zero-order valence-corrected chi connectivity index (χ0v) is 27.2. The van der Waals surface area contributed by atoms with E-state index in [1.165, 1.54) is 56.2 Å². The monoisotopic (exact) mass is 664 g/mol. The van der Waals surface area contributed by atoms with E-state index in [0.29, 0.717) is 17.0 Å². The van der Waals surface area contributed by atoms with Gasteiger partial charge >= 0.3 is 0 Å². The Morgan fingerprint density at radius 2 is 1.75 bits per heavy atom. The van der Waals surface area contributed by atoms with Crippen LogP contribution in [0.15, 0.2) is 65.6 Å². The molecule has 3 aromatic rings. The fourth-order valence-electron chi connectivity index (χ4n) is 4.30. The summed E-state index contributed by atoms with van der Waals surface area (Å²) in [5.41, 5.74) is 0.302. The number of rotatable bonds is 13. The van der Waals surface area contributed by atoms with Crippen LogP contribution >= 0.6 is 23.2 Å². The summed E-state index contributed by atoms with van der Waals surface area (Å²) in [6, 6.07) is 13.3. The van der Waals surface area contributed by atoms with Gasteiger partial charge in [-0.1, -0.05) is 54.4 Å². The SMILES string of the molecule is CC[C@@H](C)NC(=O)[C@@H](C)N(Cc1ccccc1Cl)C(=O)CN(c1cc(Cl)ccc1OC)S(=O)(=O)c1ccc(C)c([N+](=O)[O-])c1. The first-order valence-corrected chi connectivity index (χ1v) is 15.8. The third-order valence-electron chi connectivity index (χ3n) is 7.12. The van der Waals surface area contributed by atoms with Crippen molar-refractivity contribution in [2.75, 3.05) is 18.0 Å². The molecule has 1 N–H and O–H groups in total. The Morgan fingerprint density at radius 1 is 1.07 bits per heavy atom. The van der Waals surface area contributed by atoms with Crippen LogP contribution in [-0.4, -0.2) is 55.8 Å². The molecule has 0 saturated carbocycles. The van der Waals surface area contributed by atoms with Crippen LogP contribution in [0.1, 0.15) is 38.3 Å². The lowest BCUT2D eigenvalue weighted by Crippen LogP contribution is -2.52. The minimum absolute atomic E-state index is 0.0765. The van der Waals surface area contributed by atoms with E-state index in [2.05, 4.69) is 5.32 Å². The topological polar surface area (TPSA) is 139 Å². The Morgan fingerprint density at radius 3 is 2.36 bits per heavy atom. The highest BCUT2D eigenvalue weighted by atomic mass is 35.5. The summed E-state index contributed by atoms with van der Waals surface area (Å²) in [6.45, 7) is 5.84. The predicted molar refractivity (Wildman–Crippen MR) is 170 cm³/mol. The largest absolute Gasteiger partial charge is 0.495 e. The molecular weight excluding hydrogens is 631 g/mol. The number of aryl methyl sites for hydroxylation is 1. The smallest absolute Gasteiger partial charge is 0.273 e. The lowest BCUT2D eigenvalue weighted by Gasteiger charge is -2.33. The van der Waals surface area contributed by atoms with E-state index >= 15 is 0 Å². The second-order valence-electron chi connectivity index (χ2n) is 10.1. The highest BCUT2D eigenvalue weighted by Crippen LogP contribution is 2.36. The first kappa shape index (κ1) is 34.6. The standard InChI is InChI=1S/C30H34Cl2N4O7S/c1-6-20(3)33-30(38)21(4)34(17-22-9-7-8-10-25(22)32)29(37)18-35(27-15-23(31)12-14-28(27)43-5)44(41,42)24-13-11-19(2)26(16-24)36(39)40/h7-16,20-21H,6,17-18H2,1-5H3,(H,33,38)/t20-,21-/m1/s1. The number of benzene rings is 3. The maximum Gasteiger partial charge on any atom is 0.273 e. The van der Waals surface area contributed by atoms with Crippen molar-refractivity contribution in [1.82, 2.24) is 10.2 Å². The molecule has 0 bridgehead atoms. The summed E-state index contributed by atoms with van der Waals surface area (Å²) >= 11 is 12.6. The maximum absolute atomic E-state index is 14.2. The number of halogens is 2. The van der Waals surface area contributed by atoms with E-state index in [1.807, 2.05) is 13.8 Å². The molecule has 0 fully saturated rings. The normalized spacial score (nSPS) is 12.6. The molecule has 2 atom stereocenters. The highest BCUT2D eigenvalue weighted by molar-refractivity contribution is 7.92. The van der Waals surface area contributed by atoms with Gasteiger partial charge in [0.05, 0.1) is 22.6 Å². The fraction of sp³-hybridized carbons (Fsp3) is 0.333. The molecule has 3 rings (SSSR count). The molecule has 0 radical (unpaired) electrons. The van der Waals surface area contributed by atoms with Gasteiger partial charge in [-0.05, 0) is 63.1 Å². The second-order valence-corrected chi connectivity index (χ2v) is 12.8. The van der Waals surface area contributed by atoms with Crippen LogP contribution in [0.3, 0.4) is 0 Å². The van der Waals surface area contributed by atoms with E-state index in [0.717, 1.165) is 10.4 Å². The Bertz CT molecular complexity index is 1650. The summed E-state index contributed by atoms with van der Waals surface area (Å²) in [6.07, 6.45) is 0.653. The van der Waals surface area contributed by atoms with Crippen LogP contribution < -0.4 is 14.4 Å². The molecule has 0 spiro atoms. The van der Waals surface area contributed by atoms with E-state index < -0.39 is 49.9 Å². The predicted octanol–water partition coefficient (Wildman–Crippen LogP) is 5.75. The summed E-state index contributed by atoms with van der Waals surface area (Å²) in [5.74, 6) is -1.11. The lowest BCUT2D eigenvalue weighted by atomic mass is 10.1. The van der Waals surface area contributed by atoms with Gasteiger partial charge in [0.2, 0.25) is 11.8 Å². The molecule has 0 aromatic heterocycles. The van der Waals surface area contributed by atoms with Gasteiger partial charge in [0.25, 0.3) is 15.7 Å². The van der Waals surface area contributed by atoms with Crippen molar-refractivity contribution < 1.29 is 27.7 Å². The molecule has 236 valence electrons. The molecule has 2 amide bonds. The van der Waals surface area contributed by atoms with E-state index in [4.69, 9.17) is 27.9 Å². The molecule has 0 aliphatic heterocycles. The molecule has 0 heterocycles. The number of nitro benzene ring substituents is 1. The van der Waals surface area contributed by atoms with Gasteiger partial charge in [-0.15, -0.1) is 0 Å². The average molecular weight is 666 g/mol. The second kappa shape index (κ2) is 14.7. The van der Waals surface area contributed by atoms with E-state index in [1.54, 1.807) is 24.3 Å². The molecule has 0 aliphatic carbocycles. The van der Waals surface area contributed by atoms with E-state index in [-0.39, 0.29) is 34.6 Å². The Hall–Kier alpha value is -3.87. The minimum Gasteiger partial charge on any atom is -0.495 e. The van der Waals surface area contributed by atoms with Crippen LogP contribution in [-0.2, 0) is 26.2 Å². The summed E-state index contributed by atoms with van der Waals surface area (Å²) in [4.78, 5) is 39.1. The Kier molecular flexibility index (Phi) is 11.6. The Balaban J connectivity index is 2.17. The molecule has 0 unspecified atom stereocenters. The number of nitro groups is 1. The number of hydrogen-bond donors (Lipinski definition) is 1. The van der Waals surface area contributed by atoms with Gasteiger partial charge in [0.15, 0.2) is 0 Å². The number of anilines is 1. The van der Waals surface area contributed by atoms with Crippen LogP contribution in [0.25, 0.3) is 0 Å². The number of ether oxygens (including phenoxy) is 1. The lowest BCUT2D eigenvalue weighted by molar-refractivity contribution is -0.385. The van der Waals surface area contributed by atoms with Gasteiger partial charge in [0.1, 0.15) is 18.3 Å². The highest BCUT2D eigenvalue weighted by Gasteiger charge is 2.35. The average Bonchev–Trinajstić information content (AvgIpc) is 2.98. The number of hydrogen-bond acceptors (Lipinski definition) is 7. The third-order valence-corrected chi connectivity index (χ3v) is 9.48. The van der Waals surface area contributed by atoms with Crippen LogP contribution in [0, 0.1) is 17.0 Å². The zero-order chi connectivity index (χ0) is 32.8. The number of methoxy groups -OCH3 is 1. The summed E-state index contributed by atoms with van der Waals surface area (Å²) in [5, 5.41) is 15.0. The molecule has 0 aliphatic rings. The van der Waals surface area contributed by atoms with Crippen LogP contribution in [0.4, 0.5) is 11.4 Å². The molecule has 11 nitrogen and oxygen atoms in total. The zero-order valence-electron chi connectivity index (χ0n) is 24.9. The number of sulfonamides is 1. The van der Waals surface area contributed by atoms with E-state index in [9.17, 15) is 28.1 Å². The van der Waals surface area contributed by atoms with Crippen molar-refractivity contribution in [3.63, 3.8) is 0 Å².